The first kappa shape index (κ1) is 31.1. The van der Waals surface area contributed by atoms with Gasteiger partial charge in [-0.15, -0.1) is 24.9 Å². The maximum absolute atomic E-state index is 14.6. The van der Waals surface area contributed by atoms with Gasteiger partial charge in [0.15, 0.2) is 0 Å². The largest absolute Gasteiger partial charge is 0.465 e. The van der Waals surface area contributed by atoms with Crippen molar-refractivity contribution in [2.24, 2.45) is 11.8 Å². The van der Waals surface area contributed by atoms with Crippen molar-refractivity contribution in [3.8, 4) is 0 Å². The number of ether oxygens (including phenoxy) is 1. The number of unbranched alkanes of at least 4 members (excludes halogenated alkanes) is 4. The molecule has 3 saturated heterocycles. The molecule has 0 radical (unpaired) electrons. The number of hydrogen-bond acceptors (Lipinski definition) is 6. The number of carbonyl (C=O) groups excluding carboxylic acids is 3. The van der Waals surface area contributed by atoms with E-state index >= 15 is 0 Å². The fraction of sp³-hybridized carbons (Fsp3) is 0.567. The molecular formula is C30H38BrClN2O5S. The average Bonchev–Trinajstić information content (AvgIpc) is 3.53. The molecule has 1 aromatic carbocycles. The zero-order valence-electron chi connectivity index (χ0n) is 22.7. The normalized spacial score (nSPS) is 28.4. The van der Waals surface area contributed by atoms with Gasteiger partial charge in [-0.05, 0) is 44.2 Å². The van der Waals surface area contributed by atoms with Crippen molar-refractivity contribution in [2.75, 3.05) is 31.2 Å². The van der Waals surface area contributed by atoms with Gasteiger partial charge in [-0.1, -0.05) is 64.7 Å². The van der Waals surface area contributed by atoms with Crippen LogP contribution < -0.4 is 4.90 Å². The summed E-state index contributed by atoms with van der Waals surface area (Å²) in [7, 11) is 0. The Bertz CT molecular complexity index is 1120. The molecule has 7 nitrogen and oxygen atoms in total. The van der Waals surface area contributed by atoms with Gasteiger partial charge < -0.3 is 19.6 Å². The van der Waals surface area contributed by atoms with Crippen molar-refractivity contribution in [1.82, 2.24) is 4.90 Å². The first-order valence-corrected chi connectivity index (χ1v) is 16.2. The summed E-state index contributed by atoms with van der Waals surface area (Å²) in [6.07, 6.45) is 8.53. The maximum atomic E-state index is 14.6. The summed E-state index contributed by atoms with van der Waals surface area (Å²) in [6.45, 7) is 8.62. The fourth-order valence-electron chi connectivity index (χ4n) is 6.42. The van der Waals surface area contributed by atoms with Crippen LogP contribution in [0, 0.1) is 11.8 Å². The van der Waals surface area contributed by atoms with E-state index in [0.29, 0.717) is 42.9 Å². The lowest BCUT2D eigenvalue weighted by Crippen LogP contribution is -2.55. The van der Waals surface area contributed by atoms with E-state index in [0.717, 1.165) is 19.3 Å². The number of fused-ring (bicyclic) bond motifs is 1. The highest BCUT2D eigenvalue weighted by Crippen LogP contribution is 2.68. The molecule has 4 rings (SSSR count). The summed E-state index contributed by atoms with van der Waals surface area (Å²) in [4.78, 5) is 45.5. The third kappa shape index (κ3) is 5.90. The van der Waals surface area contributed by atoms with E-state index in [-0.39, 0.29) is 47.6 Å². The number of halogens is 2. The van der Waals surface area contributed by atoms with Crippen LogP contribution in [0.5, 0.6) is 0 Å². The molecule has 3 heterocycles. The first-order chi connectivity index (χ1) is 19.3. The molecular weight excluding hydrogens is 616 g/mol. The summed E-state index contributed by atoms with van der Waals surface area (Å²) in [6, 6.07) is 6.41. The Labute approximate surface area is 254 Å². The van der Waals surface area contributed by atoms with E-state index in [9.17, 15) is 14.4 Å². The molecule has 1 aromatic rings. The minimum absolute atomic E-state index is 0.0275. The van der Waals surface area contributed by atoms with Crippen LogP contribution in [-0.4, -0.2) is 75.0 Å². The lowest BCUT2D eigenvalue weighted by atomic mass is 9.71. The molecule has 40 heavy (non-hydrogen) atoms. The third-order valence-electron chi connectivity index (χ3n) is 8.12. The Morgan fingerprint density at radius 1 is 1.20 bits per heavy atom. The van der Waals surface area contributed by atoms with Gasteiger partial charge in [0.05, 0.1) is 33.9 Å². The number of carbonyl (C=O) groups is 3. The molecule has 0 aromatic heterocycles. The van der Waals surface area contributed by atoms with Crippen molar-refractivity contribution in [3.63, 3.8) is 0 Å². The van der Waals surface area contributed by atoms with Crippen LogP contribution in [0.3, 0.4) is 0 Å². The van der Waals surface area contributed by atoms with Gasteiger partial charge in [0, 0.05) is 29.8 Å². The molecule has 0 saturated carbocycles. The molecule has 1 N–H and O–H groups in total. The van der Waals surface area contributed by atoms with Crippen molar-refractivity contribution in [1.29, 1.82) is 0 Å². The monoisotopic (exact) mass is 652 g/mol. The Morgan fingerprint density at radius 2 is 1.95 bits per heavy atom. The molecule has 1 spiro atoms. The maximum Gasteiger partial charge on any atom is 0.310 e. The summed E-state index contributed by atoms with van der Waals surface area (Å²) in [5.41, 5.74) is 0.565. The standard InChI is InChI=1S/C30H38BrClN2O5S/c1-3-5-12-18-39-29(38)23-24-27(36)34(16-10-6-7-11-17-35)26(30(24)19-20(31)25(23)40-30)28(37)33(15-4-2)22-14-9-8-13-21(22)32/h3-4,8-9,13-14,20,23-26,35H,1-2,5-7,10-12,15-19H2/t20?,23-,24-,25-,26?,30?/m0/s1. The van der Waals surface area contributed by atoms with E-state index in [2.05, 4.69) is 29.1 Å². The van der Waals surface area contributed by atoms with E-state index in [1.54, 1.807) is 45.8 Å². The zero-order valence-corrected chi connectivity index (χ0v) is 25.8. The number of alkyl halides is 1. The lowest BCUT2D eigenvalue weighted by Gasteiger charge is -2.38. The predicted molar refractivity (Wildman–Crippen MR) is 164 cm³/mol. The van der Waals surface area contributed by atoms with E-state index < -0.39 is 22.6 Å². The number of aliphatic hydroxyl groups excluding tert-OH is 1. The second kappa shape index (κ2) is 13.9. The van der Waals surface area contributed by atoms with Crippen LogP contribution >= 0.6 is 39.3 Å². The van der Waals surface area contributed by atoms with Crippen LogP contribution in [0.2, 0.25) is 5.02 Å². The molecule has 3 aliphatic heterocycles. The van der Waals surface area contributed by atoms with Crippen LogP contribution in [0.4, 0.5) is 5.69 Å². The number of hydrogen-bond donors (Lipinski definition) is 1. The van der Waals surface area contributed by atoms with Gasteiger partial charge in [0.25, 0.3) is 5.91 Å². The summed E-state index contributed by atoms with van der Waals surface area (Å²) < 4.78 is 4.91. The molecule has 10 heteroatoms. The SMILES string of the molecule is C=CCCCOC(=O)[C@H]1[C@H]2C(=O)N(CCCCCCO)C(C(=O)N(CC=C)c3ccccc3Cl)C23CC(Br)[C@@H]1S3. The minimum Gasteiger partial charge on any atom is -0.465 e. The topological polar surface area (TPSA) is 87.1 Å². The van der Waals surface area contributed by atoms with Crippen LogP contribution in [0.1, 0.15) is 44.9 Å². The number of benzene rings is 1. The summed E-state index contributed by atoms with van der Waals surface area (Å²) in [5, 5.41) is 9.45. The molecule has 6 atom stereocenters. The number of amides is 2. The zero-order chi connectivity index (χ0) is 28.9. The molecule has 2 amide bonds. The average molecular weight is 654 g/mol. The Morgan fingerprint density at radius 3 is 2.65 bits per heavy atom. The second-order valence-corrected chi connectivity index (χ2v) is 13.7. The number of allylic oxidation sites excluding steroid dienone is 1. The van der Waals surface area contributed by atoms with Crippen molar-refractivity contribution in [2.45, 2.75) is 65.8 Å². The van der Waals surface area contributed by atoms with E-state index in [1.807, 2.05) is 12.1 Å². The number of thioether (sulfide) groups is 1. The smallest absolute Gasteiger partial charge is 0.310 e. The lowest BCUT2D eigenvalue weighted by molar-refractivity contribution is -0.154. The third-order valence-corrected chi connectivity index (χ3v) is 11.7. The molecule has 0 aliphatic carbocycles. The van der Waals surface area contributed by atoms with Crippen LogP contribution in [0.15, 0.2) is 49.6 Å². The highest BCUT2D eigenvalue weighted by atomic mass is 79.9. The summed E-state index contributed by atoms with van der Waals surface area (Å²) in [5.74, 6) is -1.99. The molecule has 2 bridgehead atoms. The van der Waals surface area contributed by atoms with Crippen molar-refractivity contribution in [3.05, 3.63) is 54.6 Å². The number of nitrogens with zero attached hydrogens (tertiary/aromatic N) is 2. The Balaban J connectivity index is 1.69. The number of likely N-dealkylation sites (tertiary alicyclic amines) is 1. The van der Waals surface area contributed by atoms with Crippen LogP contribution in [0.25, 0.3) is 0 Å². The molecule has 3 aliphatic rings. The van der Waals surface area contributed by atoms with Gasteiger partial charge in [-0.25, -0.2) is 0 Å². The van der Waals surface area contributed by atoms with E-state index in [4.69, 9.17) is 21.4 Å². The van der Waals surface area contributed by atoms with Crippen molar-refractivity contribution < 1.29 is 24.2 Å². The molecule has 3 unspecified atom stereocenters. The van der Waals surface area contributed by atoms with Gasteiger partial charge in [-0.3, -0.25) is 14.4 Å². The molecule has 3 fully saturated rings. The highest BCUT2D eigenvalue weighted by Gasteiger charge is 2.76. The number of para-hydroxylation sites is 1. The van der Waals surface area contributed by atoms with Gasteiger partial charge in [0.1, 0.15) is 6.04 Å². The van der Waals surface area contributed by atoms with Gasteiger partial charge in [0.2, 0.25) is 5.91 Å². The number of aliphatic hydroxyl groups is 1. The van der Waals surface area contributed by atoms with E-state index in [1.165, 1.54) is 0 Å². The Kier molecular flexibility index (Phi) is 10.8. The number of anilines is 1. The first-order valence-electron chi connectivity index (χ1n) is 14.0. The van der Waals surface area contributed by atoms with Crippen LogP contribution in [-0.2, 0) is 19.1 Å². The molecule has 218 valence electrons. The minimum atomic E-state index is -0.760. The van der Waals surface area contributed by atoms with Gasteiger partial charge >= 0.3 is 5.97 Å². The Hall–Kier alpha value is -1.81. The number of esters is 1. The van der Waals surface area contributed by atoms with Gasteiger partial charge in [-0.2, -0.15) is 0 Å². The second-order valence-electron chi connectivity index (χ2n) is 10.6. The number of rotatable bonds is 15. The van der Waals surface area contributed by atoms with Crippen molar-refractivity contribution >= 4 is 62.8 Å². The summed E-state index contributed by atoms with van der Waals surface area (Å²) >= 11 is 11.9. The highest BCUT2D eigenvalue weighted by molar-refractivity contribution is 9.09. The fourth-order valence-corrected chi connectivity index (χ4v) is 10.2. The quantitative estimate of drug-likeness (QED) is 0.118. The predicted octanol–water partition coefficient (Wildman–Crippen LogP) is 5.39.